The van der Waals surface area contributed by atoms with E-state index in [2.05, 4.69) is 56.3 Å². The lowest BCUT2D eigenvalue weighted by Gasteiger charge is -2.27. The molecule has 4 rings (SSSR count). The third-order valence-corrected chi connectivity index (χ3v) is 5.46. The van der Waals surface area contributed by atoms with Gasteiger partial charge in [-0.25, -0.2) is 0 Å². The molecule has 0 aliphatic heterocycles. The van der Waals surface area contributed by atoms with Crippen LogP contribution in [0.2, 0.25) is 0 Å². The van der Waals surface area contributed by atoms with Gasteiger partial charge in [-0.15, -0.1) is 0 Å². The Hall–Kier alpha value is -1.90. The normalized spacial score (nSPS) is 17.4. The molecular weight excluding hydrogens is 308 g/mol. The first-order valence-corrected chi connectivity index (χ1v) is 9.35. The highest BCUT2D eigenvalue weighted by Gasteiger charge is 2.22. The van der Waals surface area contributed by atoms with Gasteiger partial charge in [0.25, 0.3) is 0 Å². The Kier molecular flexibility index (Phi) is 4.49. The van der Waals surface area contributed by atoms with Crippen molar-refractivity contribution < 1.29 is 9.84 Å². The number of benzene rings is 3. The van der Waals surface area contributed by atoms with Crippen LogP contribution in [-0.4, -0.2) is 17.8 Å². The van der Waals surface area contributed by atoms with Crippen LogP contribution in [0.3, 0.4) is 0 Å². The average molecular weight is 334 g/mol. The molecule has 0 heterocycles. The zero-order chi connectivity index (χ0) is 17.4. The minimum atomic E-state index is 0.0949. The molecule has 1 aliphatic rings. The topological polar surface area (TPSA) is 29.5 Å². The largest absolute Gasteiger partial charge is 0.392 e. The Morgan fingerprint density at radius 3 is 2.76 bits per heavy atom. The van der Waals surface area contributed by atoms with Crippen molar-refractivity contribution in [3.8, 4) is 0 Å². The molecule has 0 saturated carbocycles. The molecule has 3 aromatic carbocycles. The Bertz CT molecular complexity index is 911. The minimum absolute atomic E-state index is 0.0949. The number of aliphatic hydroxyl groups excluding tert-OH is 1. The molecule has 0 bridgehead atoms. The number of aliphatic hydroxyl groups is 1. The second kappa shape index (κ2) is 6.78. The summed E-state index contributed by atoms with van der Waals surface area (Å²) in [6.07, 6.45) is 3.61. The SMILES string of the molecule is CC(C)OCC1CCc2c(ccc3c2c(CO)cc2ccccc23)C1. The highest BCUT2D eigenvalue weighted by Crippen LogP contribution is 2.37. The Morgan fingerprint density at radius 1 is 1.12 bits per heavy atom. The molecule has 1 N–H and O–H groups in total. The summed E-state index contributed by atoms with van der Waals surface area (Å²) in [4.78, 5) is 0. The lowest BCUT2D eigenvalue weighted by Crippen LogP contribution is -2.21. The average Bonchev–Trinajstić information content (AvgIpc) is 2.64. The zero-order valence-electron chi connectivity index (χ0n) is 15.1. The van der Waals surface area contributed by atoms with Gasteiger partial charge in [0.2, 0.25) is 0 Å². The van der Waals surface area contributed by atoms with Crippen molar-refractivity contribution in [1.82, 2.24) is 0 Å². The van der Waals surface area contributed by atoms with E-state index in [0.717, 1.165) is 31.4 Å². The molecule has 130 valence electrons. The van der Waals surface area contributed by atoms with E-state index >= 15 is 0 Å². The first-order valence-electron chi connectivity index (χ1n) is 9.35. The molecule has 2 heteroatoms. The molecule has 1 unspecified atom stereocenters. The monoisotopic (exact) mass is 334 g/mol. The van der Waals surface area contributed by atoms with Gasteiger partial charge in [-0.05, 0) is 83.3 Å². The van der Waals surface area contributed by atoms with Crippen molar-refractivity contribution in [2.45, 2.75) is 45.8 Å². The van der Waals surface area contributed by atoms with Crippen LogP contribution >= 0.6 is 0 Å². The highest BCUT2D eigenvalue weighted by molar-refractivity contribution is 6.10. The van der Waals surface area contributed by atoms with E-state index in [9.17, 15) is 5.11 Å². The van der Waals surface area contributed by atoms with Crippen molar-refractivity contribution in [2.75, 3.05) is 6.61 Å². The lowest BCUT2D eigenvalue weighted by atomic mass is 9.80. The van der Waals surface area contributed by atoms with E-state index in [-0.39, 0.29) is 6.61 Å². The molecule has 0 amide bonds. The molecule has 0 saturated heterocycles. The van der Waals surface area contributed by atoms with E-state index in [1.165, 1.54) is 32.7 Å². The van der Waals surface area contributed by atoms with E-state index in [1.54, 1.807) is 0 Å². The number of hydrogen-bond acceptors (Lipinski definition) is 2. The van der Waals surface area contributed by atoms with Gasteiger partial charge >= 0.3 is 0 Å². The van der Waals surface area contributed by atoms with Crippen molar-refractivity contribution in [3.05, 3.63) is 59.2 Å². The van der Waals surface area contributed by atoms with Gasteiger partial charge < -0.3 is 9.84 Å². The second-order valence-corrected chi connectivity index (χ2v) is 7.53. The van der Waals surface area contributed by atoms with E-state index < -0.39 is 0 Å². The van der Waals surface area contributed by atoms with Gasteiger partial charge in [-0.1, -0.05) is 36.4 Å². The molecule has 0 spiro atoms. The van der Waals surface area contributed by atoms with Crippen LogP contribution in [0.15, 0.2) is 42.5 Å². The molecule has 3 aromatic rings. The van der Waals surface area contributed by atoms with Crippen molar-refractivity contribution >= 4 is 21.5 Å². The highest BCUT2D eigenvalue weighted by atomic mass is 16.5. The number of ether oxygens (including phenoxy) is 1. The standard InChI is InChI=1S/C23H26O2/c1-15(2)25-14-16-7-9-21-18(11-16)8-10-22-20-6-4-3-5-17(20)12-19(13-24)23(21)22/h3-6,8,10,12,15-16,24H,7,9,11,13-14H2,1-2H3. The molecule has 2 nitrogen and oxygen atoms in total. The number of aryl methyl sites for hydroxylation is 1. The fraction of sp³-hybridized carbons (Fsp3) is 0.391. The predicted octanol–water partition coefficient (Wildman–Crippen LogP) is 5.02. The van der Waals surface area contributed by atoms with Gasteiger partial charge in [-0.3, -0.25) is 0 Å². The maximum atomic E-state index is 9.97. The quantitative estimate of drug-likeness (QED) is 0.679. The van der Waals surface area contributed by atoms with E-state index in [1.807, 2.05) is 0 Å². The molecule has 1 aliphatic carbocycles. The summed E-state index contributed by atoms with van der Waals surface area (Å²) in [5.41, 5.74) is 3.93. The van der Waals surface area contributed by atoms with Gasteiger partial charge in [0, 0.05) is 0 Å². The van der Waals surface area contributed by atoms with Crippen molar-refractivity contribution in [2.24, 2.45) is 5.92 Å². The van der Waals surface area contributed by atoms with Crippen LogP contribution in [0.25, 0.3) is 21.5 Å². The molecule has 0 aromatic heterocycles. The van der Waals surface area contributed by atoms with Gasteiger partial charge in [0.15, 0.2) is 0 Å². The third-order valence-electron chi connectivity index (χ3n) is 5.46. The second-order valence-electron chi connectivity index (χ2n) is 7.53. The first-order chi connectivity index (χ1) is 12.2. The maximum Gasteiger partial charge on any atom is 0.0688 e. The number of fused-ring (bicyclic) bond motifs is 5. The first kappa shape index (κ1) is 16.6. The van der Waals surface area contributed by atoms with Crippen LogP contribution in [0.4, 0.5) is 0 Å². The molecular formula is C23H26O2. The van der Waals surface area contributed by atoms with E-state index in [0.29, 0.717) is 12.0 Å². The summed E-state index contributed by atoms with van der Waals surface area (Å²) < 4.78 is 5.85. The van der Waals surface area contributed by atoms with Crippen molar-refractivity contribution in [1.29, 1.82) is 0 Å². The summed E-state index contributed by atoms with van der Waals surface area (Å²) in [6, 6.07) is 15.2. The van der Waals surface area contributed by atoms with E-state index in [4.69, 9.17) is 4.74 Å². The Balaban J connectivity index is 1.81. The molecule has 0 radical (unpaired) electrons. The van der Waals surface area contributed by atoms with Gasteiger partial charge in [-0.2, -0.15) is 0 Å². The van der Waals surface area contributed by atoms with Crippen LogP contribution in [0.5, 0.6) is 0 Å². The molecule has 1 atom stereocenters. The number of hydrogen-bond donors (Lipinski definition) is 1. The third kappa shape index (κ3) is 3.05. The molecule has 0 fully saturated rings. The van der Waals surface area contributed by atoms with Crippen LogP contribution in [0, 0.1) is 5.92 Å². The lowest BCUT2D eigenvalue weighted by molar-refractivity contribution is 0.0477. The van der Waals surface area contributed by atoms with Crippen LogP contribution < -0.4 is 0 Å². The van der Waals surface area contributed by atoms with Crippen molar-refractivity contribution in [3.63, 3.8) is 0 Å². The zero-order valence-corrected chi connectivity index (χ0v) is 15.1. The fourth-order valence-corrected chi connectivity index (χ4v) is 4.24. The molecule has 25 heavy (non-hydrogen) atoms. The Labute approximate surface area is 149 Å². The van der Waals surface area contributed by atoms with Gasteiger partial charge in [0.05, 0.1) is 19.3 Å². The summed E-state index contributed by atoms with van der Waals surface area (Å²) in [5.74, 6) is 0.602. The summed E-state index contributed by atoms with van der Waals surface area (Å²) in [5, 5.41) is 15.0. The smallest absolute Gasteiger partial charge is 0.0688 e. The minimum Gasteiger partial charge on any atom is -0.392 e. The fourth-order valence-electron chi connectivity index (χ4n) is 4.24. The predicted molar refractivity (Wildman–Crippen MR) is 104 cm³/mol. The van der Waals surface area contributed by atoms with Gasteiger partial charge in [0.1, 0.15) is 0 Å². The summed E-state index contributed by atoms with van der Waals surface area (Å²) in [6.45, 7) is 5.14. The Morgan fingerprint density at radius 2 is 1.96 bits per heavy atom. The maximum absolute atomic E-state index is 9.97. The van der Waals surface area contributed by atoms with Crippen LogP contribution in [-0.2, 0) is 24.2 Å². The summed E-state index contributed by atoms with van der Waals surface area (Å²) in [7, 11) is 0. The number of rotatable bonds is 4. The summed E-state index contributed by atoms with van der Waals surface area (Å²) >= 11 is 0. The van der Waals surface area contributed by atoms with Crippen LogP contribution in [0.1, 0.15) is 37.0 Å².